The first kappa shape index (κ1) is 14.2. The van der Waals surface area contributed by atoms with E-state index in [1.165, 1.54) is 12.1 Å². The van der Waals surface area contributed by atoms with Crippen LogP contribution < -0.4 is 5.32 Å². The summed E-state index contributed by atoms with van der Waals surface area (Å²) in [6, 6.07) is 7.72. The lowest BCUT2D eigenvalue weighted by molar-refractivity contribution is -0.119. The largest absolute Gasteiger partial charge is 0.391 e. The Hall–Kier alpha value is -2.70. The number of halogens is 1. The first-order chi connectivity index (χ1) is 10.6. The molecular formula is C15H15FN4O2. The standard InChI is InChI=1S/C15H15FN4O2/c1-10-8-14(19-22-10)17-15(21)9-12-6-7-20(18-12)13-4-2-11(16)3-5-13/h2-7,10H,8-9H2,1H3,(H,17,19,21)/t10-/m0/s1. The van der Waals surface area contributed by atoms with Crippen molar-refractivity contribution in [3.8, 4) is 5.69 Å². The van der Waals surface area contributed by atoms with Crippen LogP contribution in [0.2, 0.25) is 0 Å². The van der Waals surface area contributed by atoms with Gasteiger partial charge in [-0.1, -0.05) is 5.16 Å². The molecule has 3 rings (SSSR count). The fraction of sp³-hybridized carbons (Fsp3) is 0.267. The molecule has 6 nitrogen and oxygen atoms in total. The summed E-state index contributed by atoms with van der Waals surface area (Å²) in [5.41, 5.74) is 1.35. The lowest BCUT2D eigenvalue weighted by Gasteiger charge is -2.02. The maximum atomic E-state index is 12.9. The first-order valence-electron chi connectivity index (χ1n) is 6.93. The van der Waals surface area contributed by atoms with Gasteiger partial charge in [-0.3, -0.25) is 4.79 Å². The molecule has 7 heteroatoms. The van der Waals surface area contributed by atoms with E-state index in [0.29, 0.717) is 18.0 Å². The van der Waals surface area contributed by atoms with Gasteiger partial charge in [-0.15, -0.1) is 0 Å². The van der Waals surface area contributed by atoms with Crippen molar-refractivity contribution in [2.45, 2.75) is 25.9 Å². The van der Waals surface area contributed by atoms with Crippen LogP contribution >= 0.6 is 0 Å². The van der Waals surface area contributed by atoms with Crippen LogP contribution in [0.4, 0.5) is 4.39 Å². The van der Waals surface area contributed by atoms with Gasteiger partial charge >= 0.3 is 0 Å². The number of rotatable bonds is 3. The number of carbonyl (C=O) groups is 1. The molecule has 0 saturated carbocycles. The minimum absolute atomic E-state index is 0.00650. The van der Waals surface area contributed by atoms with Crippen molar-refractivity contribution >= 4 is 11.7 Å². The Balaban J connectivity index is 1.62. The average Bonchev–Trinajstić information content (AvgIpc) is 3.09. The van der Waals surface area contributed by atoms with E-state index < -0.39 is 0 Å². The van der Waals surface area contributed by atoms with Crippen molar-refractivity contribution in [2.75, 3.05) is 0 Å². The molecule has 1 aromatic carbocycles. The lowest BCUT2D eigenvalue weighted by Crippen LogP contribution is -2.31. The number of nitrogens with zero attached hydrogens (tertiary/aromatic N) is 3. The van der Waals surface area contributed by atoms with Crippen LogP contribution in [0.5, 0.6) is 0 Å². The highest BCUT2D eigenvalue weighted by atomic mass is 19.1. The van der Waals surface area contributed by atoms with Gasteiger partial charge in [0, 0.05) is 12.6 Å². The molecule has 1 atom stereocenters. The summed E-state index contributed by atoms with van der Waals surface area (Å²) in [7, 11) is 0. The van der Waals surface area contributed by atoms with Crippen molar-refractivity contribution in [3.05, 3.63) is 48.0 Å². The highest BCUT2D eigenvalue weighted by molar-refractivity contribution is 5.99. The molecule has 1 N–H and O–H groups in total. The van der Waals surface area contributed by atoms with Crippen molar-refractivity contribution in [1.82, 2.24) is 15.1 Å². The summed E-state index contributed by atoms with van der Waals surface area (Å²) in [5, 5.41) is 10.8. The second-order valence-corrected chi connectivity index (χ2v) is 5.11. The predicted octanol–water partition coefficient (Wildman–Crippen LogP) is 1.79. The van der Waals surface area contributed by atoms with Gasteiger partial charge in [0.2, 0.25) is 5.91 Å². The summed E-state index contributed by atoms with van der Waals surface area (Å²) in [5.74, 6) is 0.0422. The molecule has 1 aliphatic heterocycles. The molecule has 1 aliphatic rings. The van der Waals surface area contributed by atoms with Crippen molar-refractivity contribution < 1.29 is 14.0 Å². The van der Waals surface area contributed by atoms with Crippen LogP contribution in [-0.2, 0) is 16.1 Å². The van der Waals surface area contributed by atoms with Crippen molar-refractivity contribution in [2.24, 2.45) is 5.16 Å². The number of amides is 1. The molecule has 0 unspecified atom stereocenters. The summed E-state index contributed by atoms with van der Waals surface area (Å²) < 4.78 is 14.5. The fourth-order valence-corrected chi connectivity index (χ4v) is 2.14. The van der Waals surface area contributed by atoms with E-state index in [4.69, 9.17) is 4.84 Å². The topological polar surface area (TPSA) is 68.5 Å². The average molecular weight is 302 g/mol. The van der Waals surface area contributed by atoms with Gasteiger partial charge in [0.25, 0.3) is 0 Å². The van der Waals surface area contributed by atoms with E-state index in [1.807, 2.05) is 6.92 Å². The van der Waals surface area contributed by atoms with Crippen LogP contribution in [0.25, 0.3) is 5.69 Å². The minimum atomic E-state index is -0.302. The van der Waals surface area contributed by atoms with Gasteiger partial charge in [0.05, 0.1) is 17.8 Å². The quantitative estimate of drug-likeness (QED) is 0.940. The Bertz CT molecular complexity index is 709. The van der Waals surface area contributed by atoms with Crippen LogP contribution in [0.3, 0.4) is 0 Å². The highest BCUT2D eigenvalue weighted by Crippen LogP contribution is 2.10. The molecule has 0 bridgehead atoms. The third-order valence-electron chi connectivity index (χ3n) is 3.18. The monoisotopic (exact) mass is 302 g/mol. The smallest absolute Gasteiger partial charge is 0.231 e. The van der Waals surface area contributed by atoms with E-state index in [2.05, 4.69) is 15.6 Å². The van der Waals surface area contributed by atoms with Crippen molar-refractivity contribution in [3.63, 3.8) is 0 Å². The molecule has 22 heavy (non-hydrogen) atoms. The SMILES string of the molecule is C[C@H]1CC(NC(=O)Cc2ccn(-c3ccc(F)cc3)n2)=NO1. The Labute approximate surface area is 126 Å². The number of carbonyl (C=O) groups excluding carboxylic acids is 1. The second kappa shape index (κ2) is 5.97. The van der Waals surface area contributed by atoms with Gasteiger partial charge in [0.1, 0.15) is 11.9 Å². The molecule has 0 fully saturated rings. The number of aromatic nitrogens is 2. The molecule has 0 radical (unpaired) electrons. The Kier molecular flexibility index (Phi) is 3.86. The van der Waals surface area contributed by atoms with Gasteiger partial charge in [0.15, 0.2) is 5.84 Å². The van der Waals surface area contributed by atoms with Crippen LogP contribution in [0.1, 0.15) is 19.0 Å². The Morgan fingerprint density at radius 1 is 1.41 bits per heavy atom. The molecule has 0 saturated heterocycles. The number of oxime groups is 1. The van der Waals surface area contributed by atoms with E-state index in [-0.39, 0.29) is 24.2 Å². The zero-order chi connectivity index (χ0) is 15.5. The first-order valence-corrected chi connectivity index (χ1v) is 6.93. The molecule has 1 aromatic heterocycles. The van der Waals surface area contributed by atoms with E-state index in [1.54, 1.807) is 29.1 Å². The lowest BCUT2D eigenvalue weighted by atomic mass is 10.2. The summed E-state index contributed by atoms with van der Waals surface area (Å²) in [6.45, 7) is 1.88. The third-order valence-corrected chi connectivity index (χ3v) is 3.18. The molecule has 2 heterocycles. The summed E-state index contributed by atoms with van der Waals surface area (Å²) in [6.07, 6.45) is 2.46. The van der Waals surface area contributed by atoms with Gasteiger partial charge in [-0.2, -0.15) is 5.10 Å². The van der Waals surface area contributed by atoms with Crippen molar-refractivity contribution in [1.29, 1.82) is 0 Å². The molecule has 0 spiro atoms. The fourth-order valence-electron chi connectivity index (χ4n) is 2.14. The molecule has 1 amide bonds. The van der Waals surface area contributed by atoms with Crippen LogP contribution in [0, 0.1) is 5.82 Å². The zero-order valence-corrected chi connectivity index (χ0v) is 12.0. The van der Waals surface area contributed by atoms with Gasteiger partial charge < -0.3 is 10.2 Å². The molecule has 2 aromatic rings. The van der Waals surface area contributed by atoms with Crippen LogP contribution in [0.15, 0.2) is 41.7 Å². The number of hydrogen-bond donors (Lipinski definition) is 1. The molecule has 0 aliphatic carbocycles. The number of amidine groups is 1. The minimum Gasteiger partial charge on any atom is -0.391 e. The predicted molar refractivity (Wildman–Crippen MR) is 78.0 cm³/mol. The number of hydrogen-bond acceptors (Lipinski definition) is 4. The Morgan fingerprint density at radius 2 is 2.18 bits per heavy atom. The van der Waals surface area contributed by atoms with E-state index >= 15 is 0 Å². The number of benzene rings is 1. The Morgan fingerprint density at radius 3 is 2.86 bits per heavy atom. The highest BCUT2D eigenvalue weighted by Gasteiger charge is 2.18. The van der Waals surface area contributed by atoms with Crippen LogP contribution in [-0.4, -0.2) is 27.6 Å². The maximum absolute atomic E-state index is 12.9. The van der Waals surface area contributed by atoms with Gasteiger partial charge in [-0.05, 0) is 37.3 Å². The summed E-state index contributed by atoms with van der Waals surface area (Å²) >= 11 is 0. The van der Waals surface area contributed by atoms with E-state index in [0.717, 1.165) is 5.69 Å². The molecule has 114 valence electrons. The molecular weight excluding hydrogens is 287 g/mol. The zero-order valence-electron chi connectivity index (χ0n) is 12.0. The number of nitrogens with one attached hydrogen (secondary N) is 1. The third kappa shape index (κ3) is 3.30. The summed E-state index contributed by atoms with van der Waals surface area (Å²) in [4.78, 5) is 16.9. The normalized spacial score (nSPS) is 17.0. The van der Waals surface area contributed by atoms with E-state index in [9.17, 15) is 9.18 Å². The second-order valence-electron chi connectivity index (χ2n) is 5.11. The van der Waals surface area contributed by atoms with Gasteiger partial charge in [-0.25, -0.2) is 9.07 Å². The maximum Gasteiger partial charge on any atom is 0.231 e.